The van der Waals surface area contributed by atoms with Crippen LogP contribution in [0, 0.1) is 6.92 Å². The quantitative estimate of drug-likeness (QED) is 0.746. The number of aromatic nitrogens is 1. The summed E-state index contributed by atoms with van der Waals surface area (Å²) in [6.45, 7) is 1.89. The number of carbonyl (C=O) groups excluding carboxylic acids is 2. The number of aryl methyl sites for hydroxylation is 2. The zero-order valence-corrected chi connectivity index (χ0v) is 14.9. The topological polar surface area (TPSA) is 80.3 Å². The van der Waals surface area contributed by atoms with Crippen LogP contribution in [0.15, 0.2) is 48.7 Å². The first-order valence-corrected chi connectivity index (χ1v) is 8.80. The maximum atomic E-state index is 12.3. The van der Waals surface area contributed by atoms with Gasteiger partial charge in [0.05, 0.1) is 11.2 Å². The van der Waals surface area contributed by atoms with E-state index in [1.807, 2.05) is 37.3 Å². The Morgan fingerprint density at radius 2 is 2.11 bits per heavy atom. The van der Waals surface area contributed by atoms with Crippen molar-refractivity contribution in [3.63, 3.8) is 0 Å². The van der Waals surface area contributed by atoms with Gasteiger partial charge in [0.25, 0.3) is 5.91 Å². The minimum atomic E-state index is -0.241. The fourth-order valence-electron chi connectivity index (χ4n) is 3.21. The Bertz CT molecular complexity index is 1050. The van der Waals surface area contributed by atoms with Gasteiger partial charge < -0.3 is 15.4 Å². The molecule has 1 aliphatic rings. The van der Waals surface area contributed by atoms with Crippen molar-refractivity contribution in [3.05, 3.63) is 59.8 Å². The molecular weight excluding hydrogens is 342 g/mol. The van der Waals surface area contributed by atoms with E-state index in [0.717, 1.165) is 27.7 Å². The number of carbonyl (C=O) groups is 2. The Labute approximate surface area is 156 Å². The number of hydrogen-bond donors (Lipinski definition) is 2. The lowest BCUT2D eigenvalue weighted by Crippen LogP contribution is -2.21. The van der Waals surface area contributed by atoms with E-state index in [0.29, 0.717) is 24.3 Å². The Morgan fingerprint density at radius 3 is 3.00 bits per heavy atom. The molecule has 1 aromatic heterocycles. The summed E-state index contributed by atoms with van der Waals surface area (Å²) < 4.78 is 5.63. The second-order valence-electron chi connectivity index (χ2n) is 6.53. The summed E-state index contributed by atoms with van der Waals surface area (Å²) in [7, 11) is 0. The van der Waals surface area contributed by atoms with Gasteiger partial charge in [0.15, 0.2) is 6.61 Å². The van der Waals surface area contributed by atoms with Gasteiger partial charge >= 0.3 is 0 Å². The number of benzene rings is 2. The molecule has 1 aliphatic heterocycles. The molecule has 0 saturated heterocycles. The molecule has 0 aliphatic carbocycles. The predicted molar refractivity (Wildman–Crippen MR) is 104 cm³/mol. The zero-order chi connectivity index (χ0) is 18.8. The van der Waals surface area contributed by atoms with E-state index in [-0.39, 0.29) is 18.4 Å². The maximum Gasteiger partial charge on any atom is 0.262 e. The summed E-state index contributed by atoms with van der Waals surface area (Å²) in [6.07, 6.45) is 2.88. The second-order valence-corrected chi connectivity index (χ2v) is 6.53. The molecule has 2 N–H and O–H groups in total. The monoisotopic (exact) mass is 361 g/mol. The first kappa shape index (κ1) is 17.0. The first-order chi connectivity index (χ1) is 13.1. The third kappa shape index (κ3) is 3.60. The van der Waals surface area contributed by atoms with Crippen LogP contribution in [0.4, 0.5) is 11.4 Å². The third-order valence-electron chi connectivity index (χ3n) is 4.59. The van der Waals surface area contributed by atoms with Crippen molar-refractivity contribution in [2.24, 2.45) is 0 Å². The largest absolute Gasteiger partial charge is 0.484 e. The van der Waals surface area contributed by atoms with Crippen molar-refractivity contribution in [1.29, 1.82) is 0 Å². The molecule has 0 atom stereocenters. The van der Waals surface area contributed by atoms with Crippen LogP contribution >= 0.6 is 0 Å². The summed E-state index contributed by atoms with van der Waals surface area (Å²) in [5, 5.41) is 6.61. The minimum Gasteiger partial charge on any atom is -0.484 e. The lowest BCUT2D eigenvalue weighted by atomic mass is 10.0. The zero-order valence-electron chi connectivity index (χ0n) is 14.9. The first-order valence-electron chi connectivity index (χ1n) is 8.80. The van der Waals surface area contributed by atoms with Gasteiger partial charge in [-0.3, -0.25) is 14.6 Å². The number of ether oxygens (including phenoxy) is 1. The average Bonchev–Trinajstić information content (AvgIpc) is 2.69. The molecular formula is C21H19N3O3. The average molecular weight is 361 g/mol. The molecule has 4 rings (SSSR count). The molecule has 0 saturated carbocycles. The highest BCUT2D eigenvalue weighted by Gasteiger charge is 2.15. The molecule has 3 aromatic rings. The van der Waals surface area contributed by atoms with Gasteiger partial charge in [-0.1, -0.05) is 6.07 Å². The molecule has 6 heteroatoms. The number of nitrogens with zero attached hydrogens (tertiary/aromatic N) is 1. The van der Waals surface area contributed by atoms with Gasteiger partial charge in [-0.2, -0.15) is 0 Å². The molecule has 2 heterocycles. The smallest absolute Gasteiger partial charge is 0.262 e. The Hall–Kier alpha value is -3.41. The summed E-state index contributed by atoms with van der Waals surface area (Å²) in [5.74, 6) is 0.390. The fraction of sp³-hybridized carbons (Fsp3) is 0.190. The van der Waals surface area contributed by atoms with E-state index in [1.54, 1.807) is 18.3 Å². The molecule has 0 bridgehead atoms. The molecule has 0 fully saturated rings. The SMILES string of the molecule is Cc1ccc(NC(=O)COc2ccc3c(c2)CCC(=O)N3)c2cccnc12. The van der Waals surface area contributed by atoms with Gasteiger partial charge in [0.2, 0.25) is 5.91 Å². The molecule has 0 unspecified atom stereocenters. The lowest BCUT2D eigenvalue weighted by Gasteiger charge is -2.17. The van der Waals surface area contributed by atoms with Crippen LogP contribution in [0.3, 0.4) is 0 Å². The highest BCUT2D eigenvalue weighted by atomic mass is 16.5. The van der Waals surface area contributed by atoms with E-state index in [2.05, 4.69) is 15.6 Å². The lowest BCUT2D eigenvalue weighted by molar-refractivity contribution is -0.118. The summed E-state index contributed by atoms with van der Waals surface area (Å²) in [4.78, 5) is 28.1. The summed E-state index contributed by atoms with van der Waals surface area (Å²) in [6, 6.07) is 13.0. The van der Waals surface area contributed by atoms with Crippen molar-refractivity contribution >= 4 is 34.1 Å². The molecule has 2 aromatic carbocycles. The highest BCUT2D eigenvalue weighted by Crippen LogP contribution is 2.27. The normalized spacial score (nSPS) is 13.0. The molecule has 0 spiro atoms. The van der Waals surface area contributed by atoms with E-state index < -0.39 is 0 Å². The van der Waals surface area contributed by atoms with Crippen LogP contribution in [0.5, 0.6) is 5.75 Å². The number of rotatable bonds is 4. The summed E-state index contributed by atoms with van der Waals surface area (Å²) >= 11 is 0. The van der Waals surface area contributed by atoms with Crippen molar-refractivity contribution < 1.29 is 14.3 Å². The molecule has 27 heavy (non-hydrogen) atoms. The van der Waals surface area contributed by atoms with Crippen LogP contribution < -0.4 is 15.4 Å². The van der Waals surface area contributed by atoms with Crippen molar-refractivity contribution in [2.45, 2.75) is 19.8 Å². The standard InChI is InChI=1S/C21H19N3O3/c1-13-4-7-18(16-3-2-10-22-21(13)16)24-20(26)12-27-15-6-8-17-14(11-15)5-9-19(25)23-17/h2-4,6-8,10-11H,5,9,12H2,1H3,(H,23,25)(H,24,26). The van der Waals surface area contributed by atoms with Crippen molar-refractivity contribution in [1.82, 2.24) is 4.98 Å². The number of nitrogens with one attached hydrogen (secondary N) is 2. The van der Waals surface area contributed by atoms with Crippen LogP contribution in [0.2, 0.25) is 0 Å². The van der Waals surface area contributed by atoms with Gasteiger partial charge in [-0.05, 0) is 60.9 Å². The van der Waals surface area contributed by atoms with Crippen LogP contribution in [-0.4, -0.2) is 23.4 Å². The van der Waals surface area contributed by atoms with Gasteiger partial charge in [0, 0.05) is 23.7 Å². The predicted octanol–water partition coefficient (Wildman–Crippen LogP) is 3.45. The second kappa shape index (κ2) is 7.07. The minimum absolute atomic E-state index is 0.0235. The number of pyridine rings is 1. The Kier molecular flexibility index (Phi) is 4.46. The van der Waals surface area contributed by atoms with Crippen molar-refractivity contribution in [2.75, 3.05) is 17.2 Å². The maximum absolute atomic E-state index is 12.3. The van der Waals surface area contributed by atoms with E-state index in [9.17, 15) is 9.59 Å². The van der Waals surface area contributed by atoms with Gasteiger partial charge in [-0.15, -0.1) is 0 Å². The van der Waals surface area contributed by atoms with Gasteiger partial charge in [0.1, 0.15) is 5.75 Å². The van der Waals surface area contributed by atoms with Crippen LogP contribution in [-0.2, 0) is 16.0 Å². The number of fused-ring (bicyclic) bond motifs is 2. The Balaban J connectivity index is 1.44. The number of amides is 2. The molecule has 2 amide bonds. The van der Waals surface area contributed by atoms with E-state index >= 15 is 0 Å². The number of anilines is 2. The highest BCUT2D eigenvalue weighted by molar-refractivity contribution is 6.02. The third-order valence-corrected chi connectivity index (χ3v) is 4.59. The summed E-state index contributed by atoms with van der Waals surface area (Å²) in [5.41, 5.74) is 4.46. The van der Waals surface area contributed by atoms with Crippen LogP contribution in [0.1, 0.15) is 17.5 Å². The van der Waals surface area contributed by atoms with Crippen LogP contribution in [0.25, 0.3) is 10.9 Å². The van der Waals surface area contributed by atoms with E-state index in [4.69, 9.17) is 4.74 Å². The molecule has 136 valence electrons. The van der Waals surface area contributed by atoms with Gasteiger partial charge in [-0.25, -0.2) is 0 Å². The molecule has 6 nitrogen and oxygen atoms in total. The fourth-order valence-corrected chi connectivity index (χ4v) is 3.21. The van der Waals surface area contributed by atoms with E-state index in [1.165, 1.54) is 0 Å². The Morgan fingerprint density at radius 1 is 1.22 bits per heavy atom. The van der Waals surface area contributed by atoms with Crippen molar-refractivity contribution in [3.8, 4) is 5.75 Å². The number of hydrogen-bond acceptors (Lipinski definition) is 4. The molecule has 0 radical (unpaired) electrons.